The van der Waals surface area contributed by atoms with E-state index in [0.29, 0.717) is 29.1 Å². The number of aromatic nitrogens is 4. The molecular formula is C20H16F3N5OS. The van der Waals surface area contributed by atoms with Gasteiger partial charge in [-0.05, 0) is 30.7 Å². The number of nitrogens with zero attached hydrogens (tertiary/aromatic N) is 4. The minimum atomic E-state index is -4.51. The van der Waals surface area contributed by atoms with Crippen LogP contribution >= 0.6 is 11.3 Å². The van der Waals surface area contributed by atoms with Gasteiger partial charge in [0.25, 0.3) is 0 Å². The molecule has 0 bridgehead atoms. The largest absolute Gasteiger partial charge is 0.445 e. The van der Waals surface area contributed by atoms with Crippen molar-refractivity contribution in [1.29, 1.82) is 0 Å². The monoisotopic (exact) mass is 431 g/mol. The Morgan fingerprint density at radius 3 is 2.73 bits per heavy atom. The van der Waals surface area contributed by atoms with Crippen LogP contribution in [0.15, 0.2) is 48.8 Å². The summed E-state index contributed by atoms with van der Waals surface area (Å²) in [5, 5.41) is 8.85. The van der Waals surface area contributed by atoms with Crippen LogP contribution in [0.25, 0.3) is 27.5 Å². The van der Waals surface area contributed by atoms with Crippen LogP contribution < -0.4 is 5.32 Å². The van der Waals surface area contributed by atoms with Gasteiger partial charge in [0, 0.05) is 23.9 Å². The van der Waals surface area contributed by atoms with E-state index < -0.39 is 11.2 Å². The molecule has 4 aromatic rings. The van der Waals surface area contributed by atoms with Gasteiger partial charge < -0.3 is 5.32 Å². The molecule has 0 saturated carbocycles. The first-order valence-electron chi connectivity index (χ1n) is 9.09. The molecule has 10 heteroatoms. The summed E-state index contributed by atoms with van der Waals surface area (Å²) in [5.41, 5.74) is 3.64. The molecule has 0 radical (unpaired) electrons. The smallest absolute Gasteiger partial charge is 0.356 e. The predicted molar refractivity (Wildman–Crippen MR) is 107 cm³/mol. The summed E-state index contributed by atoms with van der Waals surface area (Å²) in [6.07, 6.45) is -0.815. The van der Waals surface area contributed by atoms with Crippen molar-refractivity contribution >= 4 is 22.9 Å². The van der Waals surface area contributed by atoms with Crippen LogP contribution in [0.3, 0.4) is 0 Å². The van der Waals surface area contributed by atoms with Gasteiger partial charge in [0.05, 0.1) is 18.3 Å². The van der Waals surface area contributed by atoms with Crippen LogP contribution in [0, 0.1) is 0 Å². The maximum absolute atomic E-state index is 12.8. The Morgan fingerprint density at radius 1 is 1.17 bits per heavy atom. The molecule has 1 N–H and O–H groups in total. The van der Waals surface area contributed by atoms with Crippen molar-refractivity contribution in [3.63, 3.8) is 0 Å². The van der Waals surface area contributed by atoms with E-state index in [1.165, 1.54) is 0 Å². The van der Waals surface area contributed by atoms with E-state index in [-0.39, 0.29) is 17.3 Å². The second kappa shape index (κ2) is 7.86. The third-order valence-electron chi connectivity index (χ3n) is 4.39. The van der Waals surface area contributed by atoms with Gasteiger partial charge in [0.15, 0.2) is 0 Å². The van der Waals surface area contributed by atoms with E-state index in [0.717, 1.165) is 16.8 Å². The van der Waals surface area contributed by atoms with Gasteiger partial charge in [0.2, 0.25) is 10.9 Å². The number of amides is 1. The Kier molecular flexibility index (Phi) is 5.25. The van der Waals surface area contributed by atoms with E-state index in [1.807, 2.05) is 35.6 Å². The Labute approximate surface area is 173 Å². The molecule has 0 unspecified atom stereocenters. The molecule has 0 fully saturated rings. The fourth-order valence-electron chi connectivity index (χ4n) is 3.07. The number of nitrogens with one attached hydrogen (secondary N) is 1. The van der Waals surface area contributed by atoms with Gasteiger partial charge in [-0.2, -0.15) is 13.2 Å². The number of rotatable bonds is 5. The van der Waals surface area contributed by atoms with Crippen LogP contribution in [0.4, 0.5) is 13.2 Å². The second-order valence-corrected chi connectivity index (χ2v) is 7.51. The molecule has 154 valence electrons. The standard InChI is InChI=1S/C20H16F3N5OS/c1-2-24-17(29)9-12-4-3-5-13(8-12)15-11-25-16-10-14(6-7-28(15)16)18-26-27-19(30-18)20(21,22)23/h3-8,10-11H,2,9H2,1H3,(H,24,29). The van der Waals surface area contributed by atoms with Gasteiger partial charge in [-0.3, -0.25) is 9.20 Å². The van der Waals surface area contributed by atoms with Crippen LogP contribution in [-0.4, -0.2) is 32.0 Å². The highest BCUT2D eigenvalue weighted by molar-refractivity contribution is 7.14. The maximum Gasteiger partial charge on any atom is 0.445 e. The molecule has 4 rings (SSSR count). The van der Waals surface area contributed by atoms with Gasteiger partial charge in [-0.25, -0.2) is 4.98 Å². The molecule has 3 heterocycles. The molecule has 3 aromatic heterocycles. The minimum Gasteiger partial charge on any atom is -0.356 e. The number of carbonyl (C=O) groups excluding carboxylic acids is 1. The number of fused-ring (bicyclic) bond motifs is 1. The summed E-state index contributed by atoms with van der Waals surface area (Å²) >= 11 is 0.494. The van der Waals surface area contributed by atoms with Crippen LogP contribution in [0.1, 0.15) is 17.5 Å². The average Bonchev–Trinajstić information content (AvgIpc) is 3.35. The predicted octanol–water partition coefficient (Wildman–Crippen LogP) is 4.22. The first kappa shape index (κ1) is 20.0. The summed E-state index contributed by atoms with van der Waals surface area (Å²) in [6, 6.07) is 10.9. The molecule has 0 aliphatic rings. The summed E-state index contributed by atoms with van der Waals surface area (Å²) in [6.45, 7) is 2.44. The van der Waals surface area contributed by atoms with Crippen molar-refractivity contribution in [3.8, 4) is 21.8 Å². The zero-order valence-electron chi connectivity index (χ0n) is 15.8. The number of benzene rings is 1. The highest BCUT2D eigenvalue weighted by atomic mass is 32.1. The fourth-order valence-corrected chi connectivity index (χ4v) is 3.77. The van der Waals surface area contributed by atoms with Gasteiger partial charge >= 0.3 is 6.18 Å². The van der Waals surface area contributed by atoms with Crippen molar-refractivity contribution in [2.75, 3.05) is 6.54 Å². The molecule has 0 spiro atoms. The summed E-state index contributed by atoms with van der Waals surface area (Å²) in [5.74, 6) is -0.0484. The summed E-state index contributed by atoms with van der Waals surface area (Å²) < 4.78 is 40.2. The summed E-state index contributed by atoms with van der Waals surface area (Å²) in [7, 11) is 0. The highest BCUT2D eigenvalue weighted by Crippen LogP contribution is 2.35. The quantitative estimate of drug-likeness (QED) is 0.514. The summed E-state index contributed by atoms with van der Waals surface area (Å²) in [4.78, 5) is 16.2. The van der Waals surface area contributed by atoms with E-state index in [4.69, 9.17) is 0 Å². The molecule has 0 aliphatic heterocycles. The average molecular weight is 431 g/mol. The lowest BCUT2D eigenvalue weighted by molar-refractivity contribution is -0.138. The molecule has 6 nitrogen and oxygen atoms in total. The molecule has 0 atom stereocenters. The van der Waals surface area contributed by atoms with Crippen LogP contribution in [0.2, 0.25) is 0 Å². The molecule has 1 aromatic carbocycles. The van der Waals surface area contributed by atoms with Gasteiger partial charge in [-0.1, -0.05) is 29.5 Å². The number of pyridine rings is 1. The zero-order chi connectivity index (χ0) is 21.3. The molecule has 0 saturated heterocycles. The minimum absolute atomic E-state index is 0.0484. The Hall–Kier alpha value is -3.27. The maximum atomic E-state index is 12.8. The lowest BCUT2D eigenvalue weighted by Gasteiger charge is -2.06. The van der Waals surface area contributed by atoms with Crippen molar-refractivity contribution in [3.05, 3.63) is 59.4 Å². The van der Waals surface area contributed by atoms with E-state index in [1.54, 1.807) is 24.5 Å². The normalized spacial score (nSPS) is 11.7. The SMILES string of the molecule is CCNC(=O)Cc1cccc(-c2cnc3cc(-c4nnc(C(F)(F)F)s4)ccn23)c1. The second-order valence-electron chi connectivity index (χ2n) is 6.53. The Balaban J connectivity index is 1.65. The third-order valence-corrected chi connectivity index (χ3v) is 5.41. The topological polar surface area (TPSA) is 72.2 Å². The van der Waals surface area contributed by atoms with Crippen molar-refractivity contribution in [2.45, 2.75) is 19.5 Å². The van der Waals surface area contributed by atoms with E-state index >= 15 is 0 Å². The third kappa shape index (κ3) is 4.04. The number of hydrogen-bond donors (Lipinski definition) is 1. The number of alkyl halides is 3. The molecule has 1 amide bonds. The molecule has 30 heavy (non-hydrogen) atoms. The van der Waals surface area contributed by atoms with Crippen LogP contribution in [0.5, 0.6) is 0 Å². The Bertz CT molecular complexity index is 1210. The number of halogens is 3. The number of imidazole rings is 1. The van der Waals surface area contributed by atoms with Crippen LogP contribution in [-0.2, 0) is 17.4 Å². The van der Waals surface area contributed by atoms with Crippen molar-refractivity contribution in [2.24, 2.45) is 0 Å². The molecular weight excluding hydrogens is 415 g/mol. The van der Waals surface area contributed by atoms with E-state index in [9.17, 15) is 18.0 Å². The van der Waals surface area contributed by atoms with Crippen molar-refractivity contribution in [1.82, 2.24) is 24.9 Å². The van der Waals surface area contributed by atoms with Gasteiger partial charge in [-0.15, -0.1) is 10.2 Å². The number of carbonyl (C=O) groups is 1. The Morgan fingerprint density at radius 2 is 2.00 bits per heavy atom. The van der Waals surface area contributed by atoms with Crippen molar-refractivity contribution < 1.29 is 18.0 Å². The zero-order valence-corrected chi connectivity index (χ0v) is 16.6. The highest BCUT2D eigenvalue weighted by Gasteiger charge is 2.35. The van der Waals surface area contributed by atoms with Gasteiger partial charge in [0.1, 0.15) is 10.7 Å². The lowest BCUT2D eigenvalue weighted by Crippen LogP contribution is -2.24. The first-order chi connectivity index (χ1) is 14.3. The number of hydrogen-bond acceptors (Lipinski definition) is 5. The van der Waals surface area contributed by atoms with E-state index in [2.05, 4.69) is 20.5 Å². The lowest BCUT2D eigenvalue weighted by atomic mass is 10.1. The first-order valence-corrected chi connectivity index (χ1v) is 9.91. The fraction of sp³-hybridized carbons (Fsp3) is 0.200. The molecule has 0 aliphatic carbocycles. The number of likely N-dealkylation sites (N-methyl/N-ethyl adjacent to an activating group) is 1.